The number of benzene rings is 1. The van der Waals surface area contributed by atoms with Crippen LogP contribution in [0, 0.1) is 6.92 Å². The molecule has 1 fully saturated rings. The standard InChI is InChI=1S/C14H21BrN2/c1-4-14(3)10-17(9-8-16-14)12-7-5-6-11(2)13(12)15/h5-7,16H,4,8-10H2,1-3H3. The summed E-state index contributed by atoms with van der Waals surface area (Å²) in [6.45, 7) is 9.92. The molecule has 94 valence electrons. The molecule has 1 aliphatic rings. The van der Waals surface area contributed by atoms with Gasteiger partial charge in [-0.05, 0) is 47.8 Å². The van der Waals surface area contributed by atoms with Crippen molar-refractivity contribution in [1.29, 1.82) is 0 Å². The van der Waals surface area contributed by atoms with Gasteiger partial charge in [-0.25, -0.2) is 0 Å². The molecule has 1 aromatic rings. The largest absolute Gasteiger partial charge is 0.368 e. The number of halogens is 1. The van der Waals surface area contributed by atoms with Crippen molar-refractivity contribution in [2.45, 2.75) is 32.7 Å². The van der Waals surface area contributed by atoms with Crippen molar-refractivity contribution in [1.82, 2.24) is 5.32 Å². The van der Waals surface area contributed by atoms with E-state index >= 15 is 0 Å². The Kier molecular flexibility index (Phi) is 3.79. The quantitative estimate of drug-likeness (QED) is 0.900. The fourth-order valence-corrected chi connectivity index (χ4v) is 2.88. The van der Waals surface area contributed by atoms with Crippen LogP contribution >= 0.6 is 15.9 Å². The van der Waals surface area contributed by atoms with Gasteiger partial charge in [0, 0.05) is 29.6 Å². The van der Waals surface area contributed by atoms with Crippen LogP contribution in [0.4, 0.5) is 5.69 Å². The van der Waals surface area contributed by atoms with Crippen molar-refractivity contribution in [2.24, 2.45) is 0 Å². The van der Waals surface area contributed by atoms with Crippen LogP contribution in [-0.2, 0) is 0 Å². The number of hydrogen-bond donors (Lipinski definition) is 1. The van der Waals surface area contributed by atoms with Gasteiger partial charge in [-0.15, -0.1) is 0 Å². The highest BCUT2D eigenvalue weighted by Gasteiger charge is 2.29. The summed E-state index contributed by atoms with van der Waals surface area (Å²) in [6, 6.07) is 6.49. The maximum atomic E-state index is 3.71. The molecule has 0 saturated carbocycles. The molecule has 1 saturated heterocycles. The predicted molar refractivity (Wildman–Crippen MR) is 77.8 cm³/mol. The van der Waals surface area contributed by atoms with Gasteiger partial charge >= 0.3 is 0 Å². The van der Waals surface area contributed by atoms with E-state index in [4.69, 9.17) is 0 Å². The number of rotatable bonds is 2. The average Bonchev–Trinajstić information content (AvgIpc) is 2.33. The number of hydrogen-bond acceptors (Lipinski definition) is 2. The highest BCUT2D eigenvalue weighted by molar-refractivity contribution is 9.10. The van der Waals surface area contributed by atoms with Crippen LogP contribution in [-0.4, -0.2) is 25.2 Å². The predicted octanol–water partition coefficient (Wildman–Crippen LogP) is 3.34. The lowest BCUT2D eigenvalue weighted by Gasteiger charge is -2.42. The Hall–Kier alpha value is -0.540. The lowest BCUT2D eigenvalue weighted by molar-refractivity contribution is 0.314. The molecule has 3 heteroatoms. The SMILES string of the molecule is CCC1(C)CN(c2cccc(C)c2Br)CCN1. The summed E-state index contributed by atoms with van der Waals surface area (Å²) in [7, 11) is 0. The smallest absolute Gasteiger partial charge is 0.0514 e. The zero-order valence-corrected chi connectivity index (χ0v) is 12.5. The van der Waals surface area contributed by atoms with E-state index in [9.17, 15) is 0 Å². The molecule has 1 aliphatic heterocycles. The number of aryl methyl sites for hydroxylation is 1. The number of nitrogens with one attached hydrogen (secondary N) is 1. The van der Waals surface area contributed by atoms with Gasteiger partial charge in [-0.1, -0.05) is 19.1 Å². The second-order valence-corrected chi connectivity index (χ2v) is 5.96. The Morgan fingerprint density at radius 2 is 2.24 bits per heavy atom. The van der Waals surface area contributed by atoms with Crippen LogP contribution in [0.5, 0.6) is 0 Å². The van der Waals surface area contributed by atoms with Crippen LogP contribution in [0.2, 0.25) is 0 Å². The van der Waals surface area contributed by atoms with Crippen LogP contribution in [0.25, 0.3) is 0 Å². The molecule has 0 spiro atoms. The van der Waals surface area contributed by atoms with Crippen molar-refractivity contribution in [2.75, 3.05) is 24.5 Å². The number of piperazine rings is 1. The summed E-state index contributed by atoms with van der Waals surface area (Å²) in [5.74, 6) is 0. The molecule has 1 heterocycles. The zero-order valence-electron chi connectivity index (χ0n) is 10.9. The summed E-state index contributed by atoms with van der Waals surface area (Å²) in [6.07, 6.45) is 1.16. The summed E-state index contributed by atoms with van der Waals surface area (Å²) in [5.41, 5.74) is 2.87. The van der Waals surface area contributed by atoms with E-state index in [0.29, 0.717) is 0 Å². The Bertz CT molecular complexity index is 405. The molecular weight excluding hydrogens is 276 g/mol. The second-order valence-electron chi connectivity index (χ2n) is 5.17. The molecule has 0 amide bonds. The van der Waals surface area contributed by atoms with Gasteiger partial charge in [-0.2, -0.15) is 0 Å². The van der Waals surface area contributed by atoms with Crippen molar-refractivity contribution >= 4 is 21.6 Å². The number of nitrogens with zero attached hydrogens (tertiary/aromatic N) is 1. The van der Waals surface area contributed by atoms with E-state index in [1.165, 1.54) is 15.7 Å². The van der Waals surface area contributed by atoms with E-state index in [1.54, 1.807) is 0 Å². The van der Waals surface area contributed by atoms with E-state index in [1.807, 2.05) is 0 Å². The van der Waals surface area contributed by atoms with Gasteiger partial charge in [0.15, 0.2) is 0 Å². The molecule has 1 aromatic carbocycles. The van der Waals surface area contributed by atoms with Crippen molar-refractivity contribution in [3.8, 4) is 0 Å². The molecule has 1 N–H and O–H groups in total. The summed E-state index contributed by atoms with van der Waals surface area (Å²) in [4.78, 5) is 2.48. The Balaban J connectivity index is 2.25. The molecule has 1 unspecified atom stereocenters. The molecule has 17 heavy (non-hydrogen) atoms. The molecule has 0 radical (unpaired) electrons. The minimum Gasteiger partial charge on any atom is -0.368 e. The second kappa shape index (κ2) is 4.99. The van der Waals surface area contributed by atoms with Gasteiger partial charge in [0.05, 0.1) is 5.69 Å². The first-order valence-electron chi connectivity index (χ1n) is 6.31. The van der Waals surface area contributed by atoms with E-state index in [0.717, 1.165) is 26.1 Å². The third-order valence-corrected chi connectivity index (χ3v) is 4.80. The van der Waals surface area contributed by atoms with E-state index in [2.05, 4.69) is 65.1 Å². The molecule has 0 bridgehead atoms. The van der Waals surface area contributed by atoms with Crippen LogP contribution in [0.15, 0.2) is 22.7 Å². The van der Waals surface area contributed by atoms with Crippen molar-refractivity contribution in [3.05, 3.63) is 28.2 Å². The summed E-state index contributed by atoms with van der Waals surface area (Å²) >= 11 is 3.71. The molecule has 2 rings (SSSR count). The molecule has 2 nitrogen and oxygen atoms in total. The molecular formula is C14H21BrN2. The highest BCUT2D eigenvalue weighted by Crippen LogP contribution is 2.31. The first-order chi connectivity index (χ1) is 8.06. The Labute approximate surface area is 113 Å². The van der Waals surface area contributed by atoms with Crippen molar-refractivity contribution < 1.29 is 0 Å². The third-order valence-electron chi connectivity index (χ3n) is 3.77. The topological polar surface area (TPSA) is 15.3 Å². The van der Waals surface area contributed by atoms with E-state index in [-0.39, 0.29) is 5.54 Å². The first kappa shape index (κ1) is 12.9. The highest BCUT2D eigenvalue weighted by atomic mass is 79.9. The Morgan fingerprint density at radius 3 is 2.94 bits per heavy atom. The van der Waals surface area contributed by atoms with Gasteiger partial charge < -0.3 is 10.2 Å². The molecule has 0 aliphatic carbocycles. The Morgan fingerprint density at radius 1 is 1.47 bits per heavy atom. The van der Waals surface area contributed by atoms with Gasteiger partial charge in [0.2, 0.25) is 0 Å². The zero-order chi connectivity index (χ0) is 12.5. The van der Waals surface area contributed by atoms with Crippen molar-refractivity contribution in [3.63, 3.8) is 0 Å². The molecule has 0 aromatic heterocycles. The minimum absolute atomic E-state index is 0.238. The average molecular weight is 297 g/mol. The summed E-state index contributed by atoms with van der Waals surface area (Å²) < 4.78 is 1.24. The van der Waals surface area contributed by atoms with Crippen LogP contribution in [0.1, 0.15) is 25.8 Å². The third kappa shape index (κ3) is 2.66. The lowest BCUT2D eigenvalue weighted by atomic mass is 9.95. The fraction of sp³-hybridized carbons (Fsp3) is 0.571. The summed E-state index contributed by atoms with van der Waals surface area (Å²) in [5, 5.41) is 3.62. The van der Waals surface area contributed by atoms with Gasteiger partial charge in [0.1, 0.15) is 0 Å². The molecule has 1 atom stereocenters. The van der Waals surface area contributed by atoms with Gasteiger partial charge in [0.25, 0.3) is 0 Å². The van der Waals surface area contributed by atoms with Crippen LogP contribution in [0.3, 0.4) is 0 Å². The van der Waals surface area contributed by atoms with Crippen LogP contribution < -0.4 is 10.2 Å². The minimum atomic E-state index is 0.238. The van der Waals surface area contributed by atoms with E-state index < -0.39 is 0 Å². The number of anilines is 1. The maximum absolute atomic E-state index is 3.71. The fourth-order valence-electron chi connectivity index (χ4n) is 2.37. The lowest BCUT2D eigenvalue weighted by Crippen LogP contribution is -2.58. The monoisotopic (exact) mass is 296 g/mol. The first-order valence-corrected chi connectivity index (χ1v) is 7.10. The normalized spacial score (nSPS) is 25.1. The van der Waals surface area contributed by atoms with Gasteiger partial charge in [-0.3, -0.25) is 0 Å². The maximum Gasteiger partial charge on any atom is 0.0514 e.